The molecule has 0 aliphatic carbocycles. The molecule has 6 nitrogen and oxygen atoms in total. The van der Waals surface area contributed by atoms with E-state index in [9.17, 15) is 9.59 Å². The molecular formula is C18H22N2O4. The van der Waals surface area contributed by atoms with E-state index in [-0.39, 0.29) is 25.0 Å². The number of rotatable bonds is 6. The molecular weight excluding hydrogens is 308 g/mol. The van der Waals surface area contributed by atoms with E-state index in [1.807, 2.05) is 6.92 Å². The van der Waals surface area contributed by atoms with E-state index in [2.05, 4.69) is 5.92 Å². The average Bonchev–Trinajstić information content (AvgIpc) is 2.64. The van der Waals surface area contributed by atoms with Gasteiger partial charge in [0.1, 0.15) is 13.2 Å². The number of terminal acetylenes is 1. The second-order valence-electron chi connectivity index (χ2n) is 5.30. The van der Waals surface area contributed by atoms with Gasteiger partial charge in [-0.1, -0.05) is 12.0 Å². The van der Waals surface area contributed by atoms with Crippen LogP contribution in [0.15, 0.2) is 24.3 Å². The van der Waals surface area contributed by atoms with Crippen molar-refractivity contribution < 1.29 is 19.1 Å². The first kappa shape index (κ1) is 18.0. The van der Waals surface area contributed by atoms with Crippen molar-refractivity contribution in [2.24, 2.45) is 0 Å². The summed E-state index contributed by atoms with van der Waals surface area (Å²) in [5.74, 6) is 2.15. The minimum atomic E-state index is -0.271. The number of hydrogen-bond donors (Lipinski definition) is 0. The van der Waals surface area contributed by atoms with Crippen molar-refractivity contribution in [3.63, 3.8) is 0 Å². The summed E-state index contributed by atoms with van der Waals surface area (Å²) >= 11 is 0. The number of carbonyl (C=O) groups excluding carboxylic acids is 2. The Balaban J connectivity index is 2.17. The molecule has 0 aromatic heterocycles. The highest BCUT2D eigenvalue weighted by Gasteiger charge is 2.24. The van der Waals surface area contributed by atoms with Gasteiger partial charge in [0, 0.05) is 30.9 Å². The maximum atomic E-state index is 12.5. The molecule has 2 amide bonds. The van der Waals surface area contributed by atoms with Gasteiger partial charge in [0.15, 0.2) is 0 Å². The largest absolute Gasteiger partial charge is 0.378 e. The fourth-order valence-corrected chi connectivity index (χ4v) is 2.40. The predicted octanol–water partition coefficient (Wildman–Crippen LogP) is 0.896. The van der Waals surface area contributed by atoms with Crippen LogP contribution in [0.4, 0.5) is 5.69 Å². The molecule has 2 rings (SSSR count). The minimum Gasteiger partial charge on any atom is -0.378 e. The normalized spacial score (nSPS) is 14.1. The van der Waals surface area contributed by atoms with Gasteiger partial charge in [-0.05, 0) is 25.1 Å². The smallest absolute Gasteiger partial charge is 0.253 e. The van der Waals surface area contributed by atoms with Crippen LogP contribution in [-0.4, -0.2) is 62.8 Å². The molecule has 0 bridgehead atoms. The Kier molecular flexibility index (Phi) is 6.79. The summed E-state index contributed by atoms with van der Waals surface area (Å²) < 4.78 is 10.5. The standard InChI is InChI=1S/C18H22N2O4/c1-3-15-6-5-7-16(12-15)20(18(22)14-23-4-2)13-17(21)19-8-10-24-11-9-19/h1,5-7,12H,4,8-11,13-14H2,2H3. The molecule has 1 aliphatic heterocycles. The third kappa shape index (κ3) is 4.82. The monoisotopic (exact) mass is 330 g/mol. The number of nitrogens with zero attached hydrogens (tertiary/aromatic N) is 2. The van der Waals surface area contributed by atoms with Crippen molar-refractivity contribution in [2.45, 2.75) is 6.92 Å². The summed E-state index contributed by atoms with van der Waals surface area (Å²) in [6.07, 6.45) is 5.43. The number of carbonyl (C=O) groups is 2. The van der Waals surface area contributed by atoms with Crippen LogP contribution in [-0.2, 0) is 19.1 Å². The van der Waals surface area contributed by atoms with E-state index in [0.717, 1.165) is 0 Å². The molecule has 1 fully saturated rings. The Hall–Kier alpha value is -2.36. The third-order valence-corrected chi connectivity index (χ3v) is 3.71. The highest BCUT2D eigenvalue weighted by atomic mass is 16.5. The topological polar surface area (TPSA) is 59.1 Å². The lowest BCUT2D eigenvalue weighted by Gasteiger charge is -2.30. The van der Waals surface area contributed by atoms with Crippen molar-refractivity contribution in [3.8, 4) is 12.3 Å². The zero-order valence-corrected chi connectivity index (χ0v) is 13.9. The van der Waals surface area contributed by atoms with Crippen molar-refractivity contribution in [3.05, 3.63) is 29.8 Å². The average molecular weight is 330 g/mol. The molecule has 0 atom stereocenters. The molecule has 1 aliphatic rings. The third-order valence-electron chi connectivity index (χ3n) is 3.71. The van der Waals surface area contributed by atoms with Crippen molar-refractivity contribution >= 4 is 17.5 Å². The molecule has 0 unspecified atom stereocenters. The van der Waals surface area contributed by atoms with Crippen LogP contribution in [0.3, 0.4) is 0 Å². The number of morpholine rings is 1. The molecule has 24 heavy (non-hydrogen) atoms. The molecule has 1 saturated heterocycles. The second-order valence-corrected chi connectivity index (χ2v) is 5.30. The number of benzene rings is 1. The zero-order valence-electron chi connectivity index (χ0n) is 13.9. The first-order chi connectivity index (χ1) is 11.7. The van der Waals surface area contributed by atoms with Gasteiger partial charge >= 0.3 is 0 Å². The SMILES string of the molecule is C#Cc1cccc(N(CC(=O)N2CCOCC2)C(=O)COCC)c1. The maximum Gasteiger partial charge on any atom is 0.253 e. The lowest BCUT2D eigenvalue weighted by Crippen LogP contribution is -2.48. The van der Waals surface area contributed by atoms with Crippen LogP contribution in [0, 0.1) is 12.3 Å². The summed E-state index contributed by atoms with van der Waals surface area (Å²) in [7, 11) is 0. The van der Waals surface area contributed by atoms with E-state index in [4.69, 9.17) is 15.9 Å². The van der Waals surface area contributed by atoms with Crippen LogP contribution in [0.25, 0.3) is 0 Å². The first-order valence-electron chi connectivity index (χ1n) is 7.96. The number of anilines is 1. The molecule has 1 aromatic rings. The van der Waals surface area contributed by atoms with Gasteiger partial charge in [0.25, 0.3) is 5.91 Å². The van der Waals surface area contributed by atoms with Crippen molar-refractivity contribution in [1.82, 2.24) is 4.90 Å². The fourth-order valence-electron chi connectivity index (χ4n) is 2.40. The highest BCUT2D eigenvalue weighted by Crippen LogP contribution is 2.17. The van der Waals surface area contributed by atoms with E-state index >= 15 is 0 Å². The van der Waals surface area contributed by atoms with Crippen LogP contribution in [0.2, 0.25) is 0 Å². The lowest BCUT2D eigenvalue weighted by atomic mass is 10.2. The Morgan fingerprint density at radius 1 is 1.38 bits per heavy atom. The van der Waals surface area contributed by atoms with E-state index in [1.165, 1.54) is 4.90 Å². The van der Waals surface area contributed by atoms with Gasteiger partial charge in [-0.2, -0.15) is 0 Å². The van der Waals surface area contributed by atoms with Crippen LogP contribution in [0.1, 0.15) is 12.5 Å². The predicted molar refractivity (Wildman–Crippen MR) is 90.6 cm³/mol. The van der Waals surface area contributed by atoms with Crippen molar-refractivity contribution in [2.75, 3.05) is 51.0 Å². The molecule has 128 valence electrons. The number of hydrogen-bond acceptors (Lipinski definition) is 4. The number of ether oxygens (including phenoxy) is 2. The minimum absolute atomic E-state index is 0.0417. The Labute approximate surface area is 142 Å². The summed E-state index contributed by atoms with van der Waals surface area (Å²) in [5, 5.41) is 0. The zero-order chi connectivity index (χ0) is 17.4. The molecule has 1 aromatic carbocycles. The van der Waals surface area contributed by atoms with Gasteiger partial charge in [-0.15, -0.1) is 6.42 Å². The van der Waals surface area contributed by atoms with Gasteiger partial charge in [0.2, 0.25) is 5.91 Å². The summed E-state index contributed by atoms with van der Waals surface area (Å²) in [6, 6.07) is 7.02. The number of amides is 2. The summed E-state index contributed by atoms with van der Waals surface area (Å²) in [6.45, 7) is 4.24. The molecule has 0 radical (unpaired) electrons. The Morgan fingerprint density at radius 2 is 2.12 bits per heavy atom. The van der Waals surface area contributed by atoms with Gasteiger partial charge in [-0.3, -0.25) is 9.59 Å². The second kappa shape index (κ2) is 9.06. The quantitative estimate of drug-likeness (QED) is 0.727. The van der Waals surface area contributed by atoms with Crippen LogP contribution in [0.5, 0.6) is 0 Å². The van der Waals surface area contributed by atoms with Crippen molar-refractivity contribution in [1.29, 1.82) is 0 Å². The van der Waals surface area contributed by atoms with Crippen LogP contribution < -0.4 is 4.90 Å². The highest BCUT2D eigenvalue weighted by molar-refractivity contribution is 5.99. The van der Waals surface area contributed by atoms with E-state index in [0.29, 0.717) is 44.2 Å². The lowest BCUT2D eigenvalue weighted by molar-refractivity contribution is -0.135. The van der Waals surface area contributed by atoms with E-state index < -0.39 is 0 Å². The molecule has 0 N–H and O–H groups in total. The van der Waals surface area contributed by atoms with E-state index in [1.54, 1.807) is 29.2 Å². The Morgan fingerprint density at radius 3 is 2.79 bits per heavy atom. The molecule has 0 saturated carbocycles. The molecule has 0 spiro atoms. The molecule has 6 heteroatoms. The summed E-state index contributed by atoms with van der Waals surface area (Å²) in [5.41, 5.74) is 1.25. The Bertz CT molecular complexity index is 618. The maximum absolute atomic E-state index is 12.5. The molecule has 1 heterocycles. The fraction of sp³-hybridized carbons (Fsp3) is 0.444. The first-order valence-corrected chi connectivity index (χ1v) is 7.96. The van der Waals surface area contributed by atoms with Crippen LogP contribution >= 0.6 is 0 Å². The summed E-state index contributed by atoms with van der Waals surface area (Å²) in [4.78, 5) is 28.1. The van der Waals surface area contributed by atoms with Gasteiger partial charge in [0.05, 0.1) is 13.2 Å². The van der Waals surface area contributed by atoms with Gasteiger partial charge in [-0.25, -0.2) is 0 Å². The van der Waals surface area contributed by atoms with Gasteiger partial charge < -0.3 is 19.3 Å².